The second-order valence-electron chi connectivity index (χ2n) is 9.94. The number of thioether (sulfide) groups is 1. The fraction of sp³-hybridized carbons (Fsp3) is 0.393. The van der Waals surface area contributed by atoms with E-state index in [1.807, 2.05) is 0 Å². The highest BCUT2D eigenvalue weighted by molar-refractivity contribution is 8.00. The number of aliphatic hydroxyl groups excluding tert-OH is 1. The second kappa shape index (κ2) is 12.8. The minimum atomic E-state index is -4.52. The maximum Gasteiger partial charge on any atom is 0.409 e. The number of rotatable bonds is 9. The van der Waals surface area contributed by atoms with Gasteiger partial charge in [0, 0.05) is 28.5 Å². The Bertz CT molecular complexity index is 1250. The molecule has 12 heteroatoms. The first-order valence-electron chi connectivity index (χ1n) is 12.5. The van der Waals surface area contributed by atoms with Gasteiger partial charge in [-0.2, -0.15) is 13.2 Å². The molecule has 3 amide bonds. The zero-order chi connectivity index (χ0) is 29.7. The van der Waals surface area contributed by atoms with E-state index in [0.717, 1.165) is 11.6 Å². The average molecular weight is 580 g/mol. The molecule has 2 aromatic carbocycles. The molecule has 0 saturated carbocycles. The topological polar surface area (TPSA) is 119 Å². The lowest BCUT2D eigenvalue weighted by Gasteiger charge is -2.33. The van der Waals surface area contributed by atoms with Crippen LogP contribution in [0, 0.1) is 6.92 Å². The first-order chi connectivity index (χ1) is 18.7. The van der Waals surface area contributed by atoms with Crippen LogP contribution in [0.3, 0.4) is 0 Å². The van der Waals surface area contributed by atoms with E-state index in [9.17, 15) is 37.8 Å². The molecule has 3 unspecified atom stereocenters. The number of phenolic OH excluding ortho intramolecular Hbond substituents is 1. The molecule has 1 heterocycles. The van der Waals surface area contributed by atoms with E-state index in [2.05, 4.69) is 10.6 Å². The van der Waals surface area contributed by atoms with Crippen molar-refractivity contribution in [2.75, 3.05) is 12.4 Å². The number of amides is 3. The molecule has 2 aromatic rings. The summed E-state index contributed by atoms with van der Waals surface area (Å²) in [5.41, 5.74) is 1.22. The summed E-state index contributed by atoms with van der Waals surface area (Å²) >= 11 is 1.28. The molecule has 1 fully saturated rings. The lowest BCUT2D eigenvalue weighted by atomic mass is 9.96. The maximum absolute atomic E-state index is 13.6. The van der Waals surface area contributed by atoms with Crippen LogP contribution in [0.5, 0.6) is 5.75 Å². The predicted octanol–water partition coefficient (Wildman–Crippen LogP) is 3.32. The number of halogens is 3. The van der Waals surface area contributed by atoms with Crippen molar-refractivity contribution in [2.24, 2.45) is 0 Å². The Morgan fingerprint density at radius 3 is 2.48 bits per heavy atom. The van der Waals surface area contributed by atoms with Crippen molar-refractivity contribution in [3.8, 4) is 5.75 Å². The number of carbonyl (C=O) groups is 3. The Kier molecular flexibility index (Phi) is 9.91. The van der Waals surface area contributed by atoms with Gasteiger partial charge in [-0.25, -0.2) is 0 Å². The standard InChI is InChI=1S/C28H32F3N3O5S/c1-17-19(11-7-12-21(17)35)24(37)33-20(15-18-9-5-4-6-10-18)22(36)26(39)34-16-40-27(2,3)23(34)25(38)32-14-8-13-28(29,30)31/h4-13,20,22-23,35-36H,14-16H2,1-3H3,(H,32,38)(H,33,37)/b13-8+. The second-order valence-corrected chi connectivity index (χ2v) is 11.5. The summed E-state index contributed by atoms with van der Waals surface area (Å²) in [6.07, 6.45) is -5.41. The Labute approximate surface area is 234 Å². The number of hydrogen-bond donors (Lipinski definition) is 4. The largest absolute Gasteiger partial charge is 0.508 e. The zero-order valence-corrected chi connectivity index (χ0v) is 23.1. The number of alkyl halides is 3. The fourth-order valence-electron chi connectivity index (χ4n) is 4.43. The number of aromatic hydroxyl groups is 1. The van der Waals surface area contributed by atoms with Crippen LogP contribution in [-0.4, -0.2) is 74.4 Å². The summed E-state index contributed by atoms with van der Waals surface area (Å²) in [6.45, 7) is 4.62. The van der Waals surface area contributed by atoms with Gasteiger partial charge in [-0.15, -0.1) is 11.8 Å². The Morgan fingerprint density at radius 2 is 1.82 bits per heavy atom. The van der Waals surface area contributed by atoms with Crippen molar-refractivity contribution in [2.45, 2.75) is 56.3 Å². The third-order valence-electron chi connectivity index (χ3n) is 6.58. The number of benzene rings is 2. The lowest BCUT2D eigenvalue weighted by Crippen LogP contribution is -2.58. The van der Waals surface area contributed by atoms with Gasteiger partial charge in [0.15, 0.2) is 6.10 Å². The van der Waals surface area contributed by atoms with Gasteiger partial charge in [0.1, 0.15) is 11.8 Å². The molecular weight excluding hydrogens is 547 g/mol. The molecule has 4 N–H and O–H groups in total. The summed E-state index contributed by atoms with van der Waals surface area (Å²) in [5, 5.41) is 26.4. The SMILES string of the molecule is Cc1c(O)cccc1C(=O)NC(Cc1ccccc1)C(O)C(=O)N1CSC(C)(C)C1C(=O)NC/C=C/C(F)(F)F. The van der Waals surface area contributed by atoms with Gasteiger partial charge in [0.05, 0.1) is 11.9 Å². The van der Waals surface area contributed by atoms with Crippen LogP contribution in [0.2, 0.25) is 0 Å². The van der Waals surface area contributed by atoms with Gasteiger partial charge >= 0.3 is 6.18 Å². The number of aliphatic hydroxyl groups is 1. The highest BCUT2D eigenvalue weighted by atomic mass is 32.2. The quantitative estimate of drug-likeness (QED) is 0.339. The van der Waals surface area contributed by atoms with Gasteiger partial charge < -0.3 is 25.7 Å². The number of hydrogen-bond acceptors (Lipinski definition) is 6. The molecule has 3 rings (SSSR count). The fourth-order valence-corrected chi connectivity index (χ4v) is 5.57. The molecule has 0 aromatic heterocycles. The van der Waals surface area contributed by atoms with E-state index < -0.39 is 53.4 Å². The molecule has 1 aliphatic heterocycles. The van der Waals surface area contributed by atoms with E-state index in [4.69, 9.17) is 0 Å². The van der Waals surface area contributed by atoms with E-state index in [-0.39, 0.29) is 29.7 Å². The van der Waals surface area contributed by atoms with E-state index >= 15 is 0 Å². The molecule has 8 nitrogen and oxygen atoms in total. The van der Waals surface area contributed by atoms with Crippen LogP contribution in [0.25, 0.3) is 0 Å². The van der Waals surface area contributed by atoms with Crippen LogP contribution in [-0.2, 0) is 16.0 Å². The molecule has 1 saturated heterocycles. The highest BCUT2D eigenvalue weighted by Gasteiger charge is 2.49. The van der Waals surface area contributed by atoms with Gasteiger partial charge in [-0.3, -0.25) is 14.4 Å². The molecule has 3 atom stereocenters. The van der Waals surface area contributed by atoms with Gasteiger partial charge in [-0.05, 0) is 44.9 Å². The number of nitrogens with zero attached hydrogens (tertiary/aromatic N) is 1. The van der Waals surface area contributed by atoms with Crippen molar-refractivity contribution < 1.29 is 37.8 Å². The van der Waals surface area contributed by atoms with Crippen LogP contribution >= 0.6 is 11.8 Å². The first kappa shape index (κ1) is 31.0. The van der Waals surface area contributed by atoms with Crippen molar-refractivity contribution >= 4 is 29.5 Å². The van der Waals surface area contributed by atoms with E-state index in [0.29, 0.717) is 5.56 Å². The summed E-state index contributed by atoms with van der Waals surface area (Å²) in [5.74, 6) is -2.11. The third-order valence-corrected chi connectivity index (χ3v) is 7.95. The van der Waals surface area contributed by atoms with Crippen molar-refractivity contribution in [3.05, 3.63) is 77.4 Å². The molecule has 0 aliphatic carbocycles. The number of phenols is 1. The van der Waals surface area contributed by atoms with Crippen LogP contribution in [0.4, 0.5) is 13.2 Å². The maximum atomic E-state index is 13.6. The van der Waals surface area contributed by atoms with Crippen LogP contribution in [0.1, 0.15) is 35.3 Å². The van der Waals surface area contributed by atoms with E-state index in [1.165, 1.54) is 34.9 Å². The number of carbonyl (C=O) groups excluding carboxylic acids is 3. The highest BCUT2D eigenvalue weighted by Crippen LogP contribution is 2.40. The zero-order valence-electron chi connectivity index (χ0n) is 22.2. The molecule has 0 spiro atoms. The molecular formula is C28H32F3N3O5S. The van der Waals surface area contributed by atoms with Crippen LogP contribution < -0.4 is 10.6 Å². The molecule has 216 valence electrons. The Hall–Kier alpha value is -3.51. The summed E-state index contributed by atoms with van der Waals surface area (Å²) in [4.78, 5) is 40.9. The normalized spacial score (nSPS) is 18.4. The average Bonchev–Trinajstić information content (AvgIpc) is 3.21. The van der Waals surface area contributed by atoms with Crippen molar-refractivity contribution in [1.82, 2.24) is 15.5 Å². The first-order valence-corrected chi connectivity index (χ1v) is 13.5. The Balaban J connectivity index is 1.83. The Morgan fingerprint density at radius 1 is 1.15 bits per heavy atom. The smallest absolute Gasteiger partial charge is 0.409 e. The molecule has 40 heavy (non-hydrogen) atoms. The summed E-state index contributed by atoms with van der Waals surface area (Å²) in [7, 11) is 0. The van der Waals surface area contributed by atoms with E-state index in [1.54, 1.807) is 51.1 Å². The number of nitrogens with one attached hydrogen (secondary N) is 2. The third kappa shape index (κ3) is 7.79. The predicted molar refractivity (Wildman–Crippen MR) is 146 cm³/mol. The van der Waals surface area contributed by atoms with Crippen LogP contribution in [0.15, 0.2) is 60.7 Å². The van der Waals surface area contributed by atoms with Gasteiger partial charge in [0.25, 0.3) is 11.8 Å². The van der Waals surface area contributed by atoms with Gasteiger partial charge in [0.2, 0.25) is 5.91 Å². The summed E-state index contributed by atoms with van der Waals surface area (Å²) in [6, 6.07) is 11.1. The van der Waals surface area contributed by atoms with Crippen molar-refractivity contribution in [3.63, 3.8) is 0 Å². The minimum absolute atomic E-state index is 0.0134. The minimum Gasteiger partial charge on any atom is -0.508 e. The van der Waals surface area contributed by atoms with Gasteiger partial charge in [-0.1, -0.05) is 42.5 Å². The monoisotopic (exact) mass is 579 g/mol. The number of allylic oxidation sites excluding steroid dienone is 1. The molecule has 0 radical (unpaired) electrons. The molecule has 1 aliphatic rings. The molecule has 0 bridgehead atoms. The van der Waals surface area contributed by atoms with Crippen molar-refractivity contribution in [1.29, 1.82) is 0 Å². The summed E-state index contributed by atoms with van der Waals surface area (Å²) < 4.78 is 36.4. The lowest BCUT2D eigenvalue weighted by molar-refractivity contribution is -0.147.